The Labute approximate surface area is 110 Å². The number of aryl methyl sites for hydroxylation is 1. The Morgan fingerprint density at radius 3 is 2.94 bits per heavy atom. The Bertz CT molecular complexity index is 574. The molecule has 0 aliphatic carbocycles. The summed E-state index contributed by atoms with van der Waals surface area (Å²) in [6.07, 6.45) is 0. The molecule has 18 heavy (non-hydrogen) atoms. The lowest BCUT2D eigenvalue weighted by Gasteiger charge is -2.11. The smallest absolute Gasteiger partial charge is 0.166 e. The summed E-state index contributed by atoms with van der Waals surface area (Å²) in [5.74, 6) is 0.756. The lowest BCUT2D eigenvalue weighted by molar-refractivity contribution is 0.415. The molecule has 1 unspecified atom stereocenters. The topological polar surface area (TPSA) is 57.9 Å². The van der Waals surface area contributed by atoms with E-state index in [9.17, 15) is 5.26 Å². The maximum absolute atomic E-state index is 9.20. The molecule has 1 N–H and O–H groups in total. The number of methoxy groups -OCH3 is 1. The standard InChI is InChI=1S/C13H13N3OS/c1-9-8-18-13(15-9)12(7-14)16-10-4-3-5-11(6-10)17-2/h3-6,8,12,16H,1-2H3. The molecule has 1 aromatic heterocycles. The van der Waals surface area contributed by atoms with Crippen molar-refractivity contribution in [3.8, 4) is 11.8 Å². The van der Waals surface area contributed by atoms with Crippen LogP contribution in [0.25, 0.3) is 0 Å². The van der Waals surface area contributed by atoms with E-state index in [1.54, 1.807) is 7.11 Å². The number of hydrogen-bond donors (Lipinski definition) is 1. The van der Waals surface area contributed by atoms with Crippen molar-refractivity contribution >= 4 is 17.0 Å². The van der Waals surface area contributed by atoms with Crippen LogP contribution in [-0.4, -0.2) is 12.1 Å². The summed E-state index contributed by atoms with van der Waals surface area (Å²) in [6, 6.07) is 9.27. The molecular weight excluding hydrogens is 246 g/mol. The van der Waals surface area contributed by atoms with Gasteiger partial charge in [-0.1, -0.05) is 6.07 Å². The SMILES string of the molecule is COc1cccc(NC(C#N)c2nc(C)cs2)c1. The third kappa shape index (κ3) is 2.79. The van der Waals surface area contributed by atoms with E-state index in [0.717, 1.165) is 22.1 Å². The summed E-state index contributed by atoms with van der Waals surface area (Å²) in [6.45, 7) is 1.92. The average Bonchev–Trinajstić information content (AvgIpc) is 2.82. The van der Waals surface area contributed by atoms with E-state index in [4.69, 9.17) is 4.74 Å². The summed E-state index contributed by atoms with van der Waals surface area (Å²) in [5, 5.41) is 15.1. The number of nitrogens with zero attached hydrogens (tertiary/aromatic N) is 2. The molecule has 0 aliphatic rings. The van der Waals surface area contributed by atoms with Crippen molar-refractivity contribution in [2.24, 2.45) is 0 Å². The highest BCUT2D eigenvalue weighted by molar-refractivity contribution is 7.09. The third-order valence-electron chi connectivity index (χ3n) is 2.39. The van der Waals surface area contributed by atoms with Crippen LogP contribution < -0.4 is 10.1 Å². The molecule has 0 saturated heterocycles. The lowest BCUT2D eigenvalue weighted by Crippen LogP contribution is -2.08. The summed E-state index contributed by atoms with van der Waals surface area (Å²) >= 11 is 1.48. The Morgan fingerprint density at radius 2 is 2.33 bits per heavy atom. The van der Waals surface area contributed by atoms with Gasteiger partial charge in [0.1, 0.15) is 10.8 Å². The highest BCUT2D eigenvalue weighted by Crippen LogP contribution is 2.24. The van der Waals surface area contributed by atoms with Gasteiger partial charge in [-0.2, -0.15) is 5.26 Å². The zero-order chi connectivity index (χ0) is 13.0. The van der Waals surface area contributed by atoms with Crippen molar-refractivity contribution in [2.45, 2.75) is 13.0 Å². The number of hydrogen-bond acceptors (Lipinski definition) is 5. The van der Waals surface area contributed by atoms with Crippen LogP contribution in [0.15, 0.2) is 29.6 Å². The molecule has 4 nitrogen and oxygen atoms in total. The fraction of sp³-hybridized carbons (Fsp3) is 0.231. The number of aromatic nitrogens is 1. The van der Waals surface area contributed by atoms with Gasteiger partial charge in [0.15, 0.2) is 6.04 Å². The average molecular weight is 259 g/mol. The first-order valence-corrected chi connectivity index (χ1v) is 6.33. The molecule has 0 amide bonds. The van der Waals surface area contributed by atoms with Crippen LogP contribution in [0, 0.1) is 18.3 Å². The van der Waals surface area contributed by atoms with E-state index in [-0.39, 0.29) is 0 Å². The fourth-order valence-corrected chi connectivity index (χ4v) is 2.32. The predicted molar refractivity (Wildman–Crippen MR) is 71.8 cm³/mol. The maximum atomic E-state index is 9.20. The Balaban J connectivity index is 2.18. The first-order chi connectivity index (χ1) is 8.72. The molecule has 2 rings (SSSR count). The quantitative estimate of drug-likeness (QED) is 0.916. The van der Waals surface area contributed by atoms with Crippen LogP contribution in [0.5, 0.6) is 5.75 Å². The van der Waals surface area contributed by atoms with Gasteiger partial charge in [-0.25, -0.2) is 4.98 Å². The van der Waals surface area contributed by atoms with Crippen LogP contribution in [0.4, 0.5) is 5.69 Å². The summed E-state index contributed by atoms with van der Waals surface area (Å²) < 4.78 is 5.14. The van der Waals surface area contributed by atoms with Crippen LogP contribution in [0.1, 0.15) is 16.7 Å². The molecule has 5 heteroatoms. The first-order valence-electron chi connectivity index (χ1n) is 5.45. The molecular formula is C13H13N3OS. The van der Waals surface area contributed by atoms with Gasteiger partial charge in [0.25, 0.3) is 0 Å². The van der Waals surface area contributed by atoms with Crippen molar-refractivity contribution < 1.29 is 4.74 Å². The first kappa shape index (κ1) is 12.4. The van der Waals surface area contributed by atoms with Crippen molar-refractivity contribution in [2.75, 3.05) is 12.4 Å². The number of anilines is 1. The third-order valence-corrected chi connectivity index (χ3v) is 3.42. The van der Waals surface area contributed by atoms with E-state index >= 15 is 0 Å². The molecule has 0 bridgehead atoms. The number of benzene rings is 1. The minimum atomic E-state index is -0.434. The van der Waals surface area contributed by atoms with Crippen molar-refractivity contribution in [1.29, 1.82) is 5.26 Å². The number of ether oxygens (including phenoxy) is 1. The van der Waals surface area contributed by atoms with Gasteiger partial charge in [-0.3, -0.25) is 0 Å². The monoisotopic (exact) mass is 259 g/mol. The predicted octanol–water partition coefficient (Wildman–Crippen LogP) is 3.14. The fourth-order valence-electron chi connectivity index (χ4n) is 1.53. The highest BCUT2D eigenvalue weighted by Gasteiger charge is 2.14. The second-order valence-corrected chi connectivity index (χ2v) is 4.66. The van der Waals surface area contributed by atoms with Gasteiger partial charge in [0.2, 0.25) is 0 Å². The van der Waals surface area contributed by atoms with Gasteiger partial charge in [-0.15, -0.1) is 11.3 Å². The van der Waals surface area contributed by atoms with Gasteiger partial charge in [0, 0.05) is 22.8 Å². The van der Waals surface area contributed by atoms with E-state index in [2.05, 4.69) is 16.4 Å². The Hall–Kier alpha value is -2.06. The molecule has 0 fully saturated rings. The number of rotatable bonds is 4. The molecule has 1 heterocycles. The van der Waals surface area contributed by atoms with Gasteiger partial charge in [0.05, 0.1) is 13.2 Å². The van der Waals surface area contributed by atoms with Crippen molar-refractivity contribution in [3.05, 3.63) is 40.3 Å². The molecule has 0 aliphatic heterocycles. The molecule has 2 aromatic rings. The molecule has 0 radical (unpaired) electrons. The van der Waals surface area contributed by atoms with Crippen LogP contribution in [0.2, 0.25) is 0 Å². The van der Waals surface area contributed by atoms with Gasteiger partial charge in [-0.05, 0) is 19.1 Å². The second-order valence-electron chi connectivity index (χ2n) is 3.77. The molecule has 0 spiro atoms. The number of nitrogens with one attached hydrogen (secondary N) is 1. The van der Waals surface area contributed by atoms with E-state index in [0.29, 0.717) is 0 Å². The number of nitriles is 1. The second kappa shape index (κ2) is 5.52. The van der Waals surface area contributed by atoms with E-state index in [1.807, 2.05) is 36.6 Å². The molecule has 1 aromatic carbocycles. The van der Waals surface area contributed by atoms with Crippen LogP contribution in [-0.2, 0) is 0 Å². The summed E-state index contributed by atoms with van der Waals surface area (Å²) in [5.41, 5.74) is 1.77. The van der Waals surface area contributed by atoms with Crippen LogP contribution in [0.3, 0.4) is 0 Å². The Kier molecular flexibility index (Phi) is 3.80. The normalized spacial score (nSPS) is 11.6. The minimum absolute atomic E-state index is 0.434. The molecule has 0 saturated carbocycles. The van der Waals surface area contributed by atoms with E-state index < -0.39 is 6.04 Å². The molecule has 1 atom stereocenters. The van der Waals surface area contributed by atoms with Gasteiger partial charge >= 0.3 is 0 Å². The largest absolute Gasteiger partial charge is 0.497 e. The Morgan fingerprint density at radius 1 is 1.50 bits per heavy atom. The van der Waals surface area contributed by atoms with Crippen molar-refractivity contribution in [3.63, 3.8) is 0 Å². The highest BCUT2D eigenvalue weighted by atomic mass is 32.1. The number of thiazole rings is 1. The lowest BCUT2D eigenvalue weighted by atomic mass is 10.2. The van der Waals surface area contributed by atoms with Crippen LogP contribution >= 0.6 is 11.3 Å². The minimum Gasteiger partial charge on any atom is -0.497 e. The zero-order valence-electron chi connectivity index (χ0n) is 10.2. The summed E-state index contributed by atoms with van der Waals surface area (Å²) in [4.78, 5) is 4.32. The molecule has 92 valence electrons. The zero-order valence-corrected chi connectivity index (χ0v) is 11.0. The summed E-state index contributed by atoms with van der Waals surface area (Å²) in [7, 11) is 1.62. The van der Waals surface area contributed by atoms with E-state index in [1.165, 1.54) is 11.3 Å². The maximum Gasteiger partial charge on any atom is 0.166 e. The van der Waals surface area contributed by atoms with Gasteiger partial charge < -0.3 is 10.1 Å². The van der Waals surface area contributed by atoms with Crippen molar-refractivity contribution in [1.82, 2.24) is 4.98 Å².